The van der Waals surface area contributed by atoms with E-state index in [2.05, 4.69) is 9.71 Å². The molecule has 8 nitrogen and oxygen atoms in total. The fourth-order valence-electron chi connectivity index (χ4n) is 4.11. The first-order valence-electron chi connectivity index (χ1n) is 11.2. The van der Waals surface area contributed by atoms with Gasteiger partial charge in [-0.25, -0.2) is 0 Å². The number of anilines is 2. The first-order chi connectivity index (χ1) is 15.8. The van der Waals surface area contributed by atoms with Gasteiger partial charge in [-0.1, -0.05) is 18.6 Å². The predicted molar refractivity (Wildman–Crippen MR) is 128 cm³/mol. The Balaban J connectivity index is 1.52. The standard InChI is InChI=1S/C24H28N4O4S/c1-27-14-4-2-3-12-22(27)26-33(31,32)21-11-6-9-19(17-21)25-24(30)18-8-5-10-20(16-18)28-15-7-13-23(28)29/h5-6,8-11,16-17H,2-4,7,12-15H2,1H3,(H,25,30). The van der Waals surface area contributed by atoms with E-state index in [1.807, 2.05) is 11.9 Å². The molecule has 0 unspecified atom stereocenters. The second kappa shape index (κ2) is 9.74. The molecular weight excluding hydrogens is 440 g/mol. The molecule has 0 aliphatic carbocycles. The van der Waals surface area contributed by atoms with Gasteiger partial charge in [-0.15, -0.1) is 4.40 Å². The molecule has 4 rings (SSSR count). The number of carbonyl (C=O) groups excluding carboxylic acids is 2. The fraction of sp³-hybridized carbons (Fsp3) is 0.375. The molecule has 9 heteroatoms. The number of nitrogens with zero attached hydrogens (tertiary/aromatic N) is 3. The van der Waals surface area contributed by atoms with Crippen molar-refractivity contribution in [1.82, 2.24) is 4.90 Å². The van der Waals surface area contributed by atoms with E-state index in [1.165, 1.54) is 12.1 Å². The van der Waals surface area contributed by atoms with Crippen molar-refractivity contribution >= 4 is 39.0 Å². The minimum atomic E-state index is -3.91. The second-order valence-electron chi connectivity index (χ2n) is 8.40. The van der Waals surface area contributed by atoms with Crippen LogP contribution in [0.1, 0.15) is 48.9 Å². The van der Waals surface area contributed by atoms with E-state index in [-0.39, 0.29) is 16.7 Å². The van der Waals surface area contributed by atoms with Gasteiger partial charge in [-0.2, -0.15) is 8.42 Å². The van der Waals surface area contributed by atoms with E-state index in [4.69, 9.17) is 0 Å². The fourth-order valence-corrected chi connectivity index (χ4v) is 5.25. The Hall–Kier alpha value is -3.20. The Morgan fingerprint density at radius 3 is 2.58 bits per heavy atom. The van der Waals surface area contributed by atoms with Crippen LogP contribution in [0.25, 0.3) is 0 Å². The van der Waals surface area contributed by atoms with Gasteiger partial charge in [0.1, 0.15) is 5.84 Å². The maximum Gasteiger partial charge on any atom is 0.284 e. The summed E-state index contributed by atoms with van der Waals surface area (Å²) in [6.07, 6.45) is 4.93. The third kappa shape index (κ3) is 5.42. The molecule has 174 valence electrons. The van der Waals surface area contributed by atoms with Crippen molar-refractivity contribution in [3.05, 3.63) is 54.1 Å². The first-order valence-corrected chi connectivity index (χ1v) is 12.6. The summed E-state index contributed by atoms with van der Waals surface area (Å²) in [7, 11) is -2.04. The van der Waals surface area contributed by atoms with Gasteiger partial charge in [0.05, 0.1) is 4.90 Å². The van der Waals surface area contributed by atoms with E-state index in [1.54, 1.807) is 41.3 Å². The first kappa shape index (κ1) is 23.0. The van der Waals surface area contributed by atoms with E-state index < -0.39 is 10.0 Å². The molecule has 0 aromatic heterocycles. The van der Waals surface area contributed by atoms with Gasteiger partial charge in [0.2, 0.25) is 5.91 Å². The molecule has 2 aliphatic heterocycles. The molecule has 2 fully saturated rings. The summed E-state index contributed by atoms with van der Waals surface area (Å²) in [4.78, 5) is 28.4. The van der Waals surface area contributed by atoms with Crippen LogP contribution in [0.2, 0.25) is 0 Å². The topological polar surface area (TPSA) is 99.2 Å². The summed E-state index contributed by atoms with van der Waals surface area (Å²) in [6, 6.07) is 13.0. The number of nitrogens with one attached hydrogen (secondary N) is 1. The Labute approximate surface area is 194 Å². The number of likely N-dealkylation sites (tertiary alicyclic amines) is 1. The summed E-state index contributed by atoms with van der Waals surface area (Å²) in [5.41, 5.74) is 1.43. The smallest absolute Gasteiger partial charge is 0.284 e. The van der Waals surface area contributed by atoms with Crippen LogP contribution in [0.4, 0.5) is 11.4 Å². The average molecular weight is 469 g/mol. The third-order valence-electron chi connectivity index (χ3n) is 5.94. The van der Waals surface area contributed by atoms with Gasteiger partial charge < -0.3 is 15.1 Å². The molecule has 0 spiro atoms. The van der Waals surface area contributed by atoms with Crippen LogP contribution in [0, 0.1) is 0 Å². The van der Waals surface area contributed by atoms with Gasteiger partial charge in [-0.05, 0) is 55.7 Å². The molecule has 0 saturated carbocycles. The number of amidine groups is 1. The number of rotatable bonds is 5. The Morgan fingerprint density at radius 1 is 0.970 bits per heavy atom. The van der Waals surface area contributed by atoms with Crippen molar-refractivity contribution in [2.24, 2.45) is 4.40 Å². The Bertz CT molecular complexity index is 1190. The van der Waals surface area contributed by atoms with Crippen LogP contribution in [0.3, 0.4) is 0 Å². The SMILES string of the molecule is CN1CCCCCC1=NS(=O)(=O)c1cccc(NC(=O)c2cccc(N3CCCC3=O)c2)c1. The molecule has 33 heavy (non-hydrogen) atoms. The normalized spacial score (nSPS) is 18.5. The molecule has 2 amide bonds. The van der Waals surface area contributed by atoms with Gasteiger partial charge in [0, 0.05) is 49.9 Å². The van der Waals surface area contributed by atoms with E-state index in [9.17, 15) is 18.0 Å². The summed E-state index contributed by atoms with van der Waals surface area (Å²) >= 11 is 0. The van der Waals surface area contributed by atoms with Crippen molar-refractivity contribution < 1.29 is 18.0 Å². The minimum Gasteiger partial charge on any atom is -0.362 e. The maximum absolute atomic E-state index is 12.9. The number of sulfonamides is 1. The zero-order chi connectivity index (χ0) is 23.4. The number of benzene rings is 2. The zero-order valence-corrected chi connectivity index (χ0v) is 19.5. The Kier molecular flexibility index (Phi) is 6.78. The number of amides is 2. The molecule has 0 atom stereocenters. The lowest BCUT2D eigenvalue weighted by Crippen LogP contribution is -2.26. The van der Waals surface area contributed by atoms with Crippen molar-refractivity contribution in [2.75, 3.05) is 30.4 Å². The highest BCUT2D eigenvalue weighted by atomic mass is 32.2. The predicted octanol–water partition coefficient (Wildman–Crippen LogP) is 3.66. The highest BCUT2D eigenvalue weighted by Crippen LogP contribution is 2.24. The number of carbonyl (C=O) groups is 2. The lowest BCUT2D eigenvalue weighted by Gasteiger charge is -2.18. The molecule has 2 saturated heterocycles. The maximum atomic E-state index is 12.9. The van der Waals surface area contributed by atoms with Gasteiger partial charge in [0.25, 0.3) is 15.9 Å². The monoisotopic (exact) mass is 468 g/mol. The highest BCUT2D eigenvalue weighted by Gasteiger charge is 2.23. The van der Waals surface area contributed by atoms with Crippen LogP contribution in [-0.4, -0.2) is 51.1 Å². The summed E-state index contributed by atoms with van der Waals surface area (Å²) < 4.78 is 29.9. The number of hydrogen-bond acceptors (Lipinski definition) is 4. The largest absolute Gasteiger partial charge is 0.362 e. The second-order valence-corrected chi connectivity index (χ2v) is 10.0. The quantitative estimate of drug-likeness (QED) is 0.722. The molecule has 0 radical (unpaired) electrons. The van der Waals surface area contributed by atoms with Gasteiger partial charge in [-0.3, -0.25) is 9.59 Å². The van der Waals surface area contributed by atoms with Crippen LogP contribution in [-0.2, 0) is 14.8 Å². The molecule has 2 aromatic rings. The summed E-state index contributed by atoms with van der Waals surface area (Å²) in [5, 5.41) is 2.76. The Morgan fingerprint density at radius 2 is 1.79 bits per heavy atom. The van der Waals surface area contributed by atoms with Crippen molar-refractivity contribution in [3.63, 3.8) is 0 Å². The van der Waals surface area contributed by atoms with Crippen molar-refractivity contribution in [2.45, 2.75) is 43.4 Å². The van der Waals surface area contributed by atoms with Crippen LogP contribution < -0.4 is 10.2 Å². The molecule has 1 N–H and O–H groups in total. The van der Waals surface area contributed by atoms with E-state index in [0.717, 1.165) is 32.2 Å². The lowest BCUT2D eigenvalue weighted by atomic mass is 10.1. The van der Waals surface area contributed by atoms with Crippen LogP contribution in [0.5, 0.6) is 0 Å². The molecular formula is C24H28N4O4S. The average Bonchev–Trinajstić information content (AvgIpc) is 3.14. The third-order valence-corrected chi connectivity index (χ3v) is 7.24. The zero-order valence-electron chi connectivity index (χ0n) is 18.7. The van der Waals surface area contributed by atoms with Gasteiger partial charge in [0.15, 0.2) is 0 Å². The van der Waals surface area contributed by atoms with E-state index >= 15 is 0 Å². The summed E-state index contributed by atoms with van der Waals surface area (Å²) in [6.45, 7) is 1.42. The van der Waals surface area contributed by atoms with Gasteiger partial charge >= 0.3 is 0 Å². The van der Waals surface area contributed by atoms with Crippen LogP contribution >= 0.6 is 0 Å². The summed E-state index contributed by atoms with van der Waals surface area (Å²) in [5.74, 6) is 0.231. The molecule has 2 aromatic carbocycles. The van der Waals surface area contributed by atoms with Crippen LogP contribution in [0.15, 0.2) is 57.8 Å². The minimum absolute atomic E-state index is 0.0295. The van der Waals surface area contributed by atoms with Crippen molar-refractivity contribution in [3.8, 4) is 0 Å². The lowest BCUT2D eigenvalue weighted by molar-refractivity contribution is -0.117. The molecule has 2 aliphatic rings. The van der Waals surface area contributed by atoms with E-state index in [0.29, 0.717) is 42.2 Å². The number of hydrogen-bond donors (Lipinski definition) is 1. The highest BCUT2D eigenvalue weighted by molar-refractivity contribution is 7.90. The molecule has 2 heterocycles. The van der Waals surface area contributed by atoms with Crippen molar-refractivity contribution in [1.29, 1.82) is 0 Å². The molecule has 0 bridgehead atoms.